The van der Waals surface area contributed by atoms with Crippen molar-refractivity contribution in [1.29, 1.82) is 0 Å². The van der Waals surface area contributed by atoms with Crippen molar-refractivity contribution in [2.24, 2.45) is 0 Å². The zero-order chi connectivity index (χ0) is 12.1. The molecule has 0 unspecified atom stereocenters. The normalized spacial score (nSPS) is 17.1. The molecule has 1 aromatic rings. The van der Waals surface area contributed by atoms with Gasteiger partial charge in [0.15, 0.2) is 5.78 Å². The van der Waals surface area contributed by atoms with Gasteiger partial charge in [0.2, 0.25) is 0 Å². The Bertz CT molecular complexity index is 467. The third-order valence-electron chi connectivity index (χ3n) is 2.91. The first-order valence-corrected chi connectivity index (χ1v) is 5.79. The number of benzene rings is 1. The number of allylic oxidation sites excluding steroid dienone is 2. The van der Waals surface area contributed by atoms with Crippen molar-refractivity contribution in [3.63, 3.8) is 0 Å². The molecule has 0 radical (unpaired) electrons. The number of nitrogens with zero attached hydrogens (tertiary/aromatic N) is 1. The maximum atomic E-state index is 12.0. The summed E-state index contributed by atoms with van der Waals surface area (Å²) < 4.78 is 0. The molecule has 86 valence electrons. The van der Waals surface area contributed by atoms with Crippen molar-refractivity contribution in [2.45, 2.75) is 12.8 Å². The van der Waals surface area contributed by atoms with Crippen molar-refractivity contribution in [1.82, 2.24) is 4.90 Å². The average Bonchev–Trinajstić information content (AvgIpc) is 2.78. The number of likely N-dealkylation sites (tertiary alicyclic amines) is 1. The van der Waals surface area contributed by atoms with Gasteiger partial charge in [-0.15, -0.1) is 6.42 Å². The summed E-state index contributed by atoms with van der Waals surface area (Å²) >= 11 is 0. The molecule has 0 spiro atoms. The van der Waals surface area contributed by atoms with Gasteiger partial charge in [-0.05, 0) is 12.8 Å². The maximum absolute atomic E-state index is 12.0. The van der Waals surface area contributed by atoms with Crippen molar-refractivity contribution < 1.29 is 4.79 Å². The molecule has 0 aliphatic carbocycles. The molecular weight excluding hydrogens is 210 g/mol. The molecule has 17 heavy (non-hydrogen) atoms. The van der Waals surface area contributed by atoms with Crippen molar-refractivity contribution in [3.8, 4) is 12.3 Å². The first-order valence-electron chi connectivity index (χ1n) is 5.79. The third-order valence-corrected chi connectivity index (χ3v) is 2.91. The average molecular weight is 225 g/mol. The first kappa shape index (κ1) is 11.5. The van der Waals surface area contributed by atoms with Crippen LogP contribution in [0.3, 0.4) is 0 Å². The quantitative estimate of drug-likeness (QED) is 0.447. The summed E-state index contributed by atoms with van der Waals surface area (Å²) in [6.45, 7) is 1.55. The standard InChI is InChI=1S/C15H15NO/c1-2-10-16-11-6-9-14(16)12-15(17)13-7-4-3-5-8-13/h1,3-5,7-8,12H,6,9-11H2/b14-12-. The van der Waals surface area contributed by atoms with E-state index in [1.807, 2.05) is 30.3 Å². The topological polar surface area (TPSA) is 20.3 Å². The van der Waals surface area contributed by atoms with E-state index < -0.39 is 0 Å². The largest absolute Gasteiger partial charge is 0.364 e. The molecule has 2 heteroatoms. The molecule has 0 atom stereocenters. The second kappa shape index (κ2) is 5.36. The van der Waals surface area contributed by atoms with Crippen LogP contribution in [0.4, 0.5) is 0 Å². The Morgan fingerprint density at radius 2 is 2.18 bits per heavy atom. The van der Waals surface area contributed by atoms with Gasteiger partial charge in [0, 0.05) is 23.9 Å². The highest BCUT2D eigenvalue weighted by molar-refractivity contribution is 6.04. The van der Waals surface area contributed by atoms with Gasteiger partial charge in [-0.1, -0.05) is 36.3 Å². The second-order valence-electron chi connectivity index (χ2n) is 4.10. The fraction of sp³-hybridized carbons (Fsp3) is 0.267. The molecule has 2 nitrogen and oxygen atoms in total. The minimum absolute atomic E-state index is 0.0597. The van der Waals surface area contributed by atoms with Crippen LogP contribution >= 0.6 is 0 Å². The third kappa shape index (κ3) is 2.76. The van der Waals surface area contributed by atoms with E-state index in [-0.39, 0.29) is 5.78 Å². The lowest BCUT2D eigenvalue weighted by Crippen LogP contribution is -2.18. The van der Waals surface area contributed by atoms with Crippen LogP contribution in [0.5, 0.6) is 0 Å². The van der Waals surface area contributed by atoms with E-state index >= 15 is 0 Å². The maximum Gasteiger partial charge on any atom is 0.187 e. The molecule has 0 N–H and O–H groups in total. The van der Waals surface area contributed by atoms with E-state index in [9.17, 15) is 4.79 Å². The molecule has 0 saturated carbocycles. The Morgan fingerprint density at radius 3 is 2.88 bits per heavy atom. The van der Waals surface area contributed by atoms with E-state index in [1.165, 1.54) is 0 Å². The van der Waals surface area contributed by atoms with Gasteiger partial charge < -0.3 is 4.90 Å². The number of terminal acetylenes is 1. The molecule has 1 aliphatic rings. The lowest BCUT2D eigenvalue weighted by molar-refractivity contribution is 0.104. The van der Waals surface area contributed by atoms with Crippen LogP contribution in [-0.4, -0.2) is 23.8 Å². The predicted octanol–water partition coefficient (Wildman–Crippen LogP) is 2.48. The predicted molar refractivity (Wildman–Crippen MR) is 68.5 cm³/mol. The molecule has 0 amide bonds. The Hall–Kier alpha value is -2.01. The zero-order valence-corrected chi connectivity index (χ0v) is 9.73. The van der Waals surface area contributed by atoms with E-state index in [4.69, 9.17) is 6.42 Å². The van der Waals surface area contributed by atoms with Gasteiger partial charge in [-0.2, -0.15) is 0 Å². The molecule has 0 aromatic heterocycles. The summed E-state index contributed by atoms with van der Waals surface area (Å²) in [4.78, 5) is 14.1. The molecule has 1 saturated heterocycles. The van der Waals surface area contributed by atoms with Crippen LogP contribution in [0.25, 0.3) is 0 Å². The molecular formula is C15H15NO. The summed E-state index contributed by atoms with van der Waals surface area (Å²) in [5.41, 5.74) is 1.80. The Labute approximate surface area is 102 Å². The number of rotatable bonds is 3. The summed E-state index contributed by atoms with van der Waals surface area (Å²) in [5.74, 6) is 2.69. The summed E-state index contributed by atoms with van der Waals surface area (Å²) in [5, 5.41) is 0. The Kier molecular flexibility index (Phi) is 3.62. The van der Waals surface area contributed by atoms with Gasteiger partial charge in [-0.3, -0.25) is 4.79 Å². The highest BCUT2D eigenvalue weighted by Gasteiger charge is 2.17. The number of carbonyl (C=O) groups is 1. The van der Waals surface area contributed by atoms with Crippen LogP contribution in [0.1, 0.15) is 23.2 Å². The zero-order valence-electron chi connectivity index (χ0n) is 9.73. The van der Waals surface area contributed by atoms with Gasteiger partial charge in [0.05, 0.1) is 6.54 Å². The fourth-order valence-electron chi connectivity index (χ4n) is 2.04. The molecule has 0 bridgehead atoms. The van der Waals surface area contributed by atoms with Crippen LogP contribution in [0, 0.1) is 12.3 Å². The number of hydrogen-bond acceptors (Lipinski definition) is 2. The van der Waals surface area contributed by atoms with Crippen LogP contribution in [0.15, 0.2) is 42.1 Å². The van der Waals surface area contributed by atoms with E-state index in [0.29, 0.717) is 6.54 Å². The van der Waals surface area contributed by atoms with E-state index in [1.54, 1.807) is 6.08 Å². The lowest BCUT2D eigenvalue weighted by atomic mass is 10.1. The fourth-order valence-corrected chi connectivity index (χ4v) is 2.04. The minimum atomic E-state index is 0.0597. The monoisotopic (exact) mass is 225 g/mol. The molecule has 1 heterocycles. The van der Waals surface area contributed by atoms with Crippen molar-refractivity contribution >= 4 is 5.78 Å². The molecule has 1 aromatic carbocycles. The number of hydrogen-bond donors (Lipinski definition) is 0. The summed E-state index contributed by atoms with van der Waals surface area (Å²) in [6, 6.07) is 9.32. The Morgan fingerprint density at radius 1 is 1.41 bits per heavy atom. The van der Waals surface area contributed by atoms with Crippen LogP contribution in [0.2, 0.25) is 0 Å². The molecule has 1 fully saturated rings. The van der Waals surface area contributed by atoms with Gasteiger partial charge in [0.1, 0.15) is 0 Å². The second-order valence-corrected chi connectivity index (χ2v) is 4.10. The van der Waals surface area contributed by atoms with Crippen LogP contribution < -0.4 is 0 Å². The summed E-state index contributed by atoms with van der Waals surface area (Å²) in [6.07, 6.45) is 9.05. The lowest BCUT2D eigenvalue weighted by Gasteiger charge is -2.16. The number of carbonyl (C=O) groups excluding carboxylic acids is 1. The highest BCUT2D eigenvalue weighted by atomic mass is 16.1. The summed E-state index contributed by atoms with van der Waals surface area (Å²) in [7, 11) is 0. The Balaban J connectivity index is 2.14. The van der Waals surface area contributed by atoms with Crippen LogP contribution in [-0.2, 0) is 0 Å². The highest BCUT2D eigenvalue weighted by Crippen LogP contribution is 2.20. The van der Waals surface area contributed by atoms with Gasteiger partial charge in [-0.25, -0.2) is 0 Å². The number of ketones is 1. The smallest absolute Gasteiger partial charge is 0.187 e. The van der Waals surface area contributed by atoms with E-state index in [2.05, 4.69) is 10.8 Å². The van der Waals surface area contributed by atoms with Gasteiger partial charge in [0.25, 0.3) is 0 Å². The SMILES string of the molecule is C#CCN1CCC/C1=C/C(=O)c1ccccc1. The molecule has 2 rings (SSSR count). The first-order chi connectivity index (χ1) is 8.31. The van der Waals surface area contributed by atoms with Gasteiger partial charge >= 0.3 is 0 Å². The molecule has 1 aliphatic heterocycles. The van der Waals surface area contributed by atoms with Crippen molar-refractivity contribution in [3.05, 3.63) is 47.7 Å². The van der Waals surface area contributed by atoms with E-state index in [0.717, 1.165) is 30.6 Å². The minimum Gasteiger partial charge on any atom is -0.364 e. The van der Waals surface area contributed by atoms with Crippen molar-refractivity contribution in [2.75, 3.05) is 13.1 Å².